The van der Waals surface area contributed by atoms with Crippen LogP contribution in [0.5, 0.6) is 0 Å². The quantitative estimate of drug-likeness (QED) is 0.910. The van der Waals surface area contributed by atoms with Crippen molar-refractivity contribution in [2.24, 2.45) is 0 Å². The molecule has 2 N–H and O–H groups in total. The number of hydrogen-bond acceptors (Lipinski definition) is 2. The molecule has 2 aromatic rings. The molecule has 0 fully saturated rings. The predicted octanol–water partition coefficient (Wildman–Crippen LogP) is 3.03. The predicted molar refractivity (Wildman–Crippen MR) is 83.3 cm³/mol. The number of benzene rings is 1. The van der Waals surface area contributed by atoms with Gasteiger partial charge in [0, 0.05) is 24.7 Å². The second-order valence-corrected chi connectivity index (χ2v) is 5.65. The van der Waals surface area contributed by atoms with Crippen LogP contribution in [0, 0.1) is 0 Å². The first-order chi connectivity index (χ1) is 10.1. The summed E-state index contributed by atoms with van der Waals surface area (Å²) < 4.78 is 2.27. The van der Waals surface area contributed by atoms with Gasteiger partial charge in [-0.15, -0.1) is 0 Å². The first-order valence-electron chi connectivity index (χ1n) is 7.36. The summed E-state index contributed by atoms with van der Waals surface area (Å²) in [7, 11) is 0. The summed E-state index contributed by atoms with van der Waals surface area (Å²) in [5, 5.41) is 5.63. The molecule has 21 heavy (non-hydrogen) atoms. The first kappa shape index (κ1) is 13.7. The van der Waals surface area contributed by atoms with Gasteiger partial charge >= 0.3 is 6.03 Å². The van der Waals surface area contributed by atoms with E-state index in [4.69, 9.17) is 0 Å². The minimum Gasteiger partial charge on any atom is -0.336 e. The fourth-order valence-corrected chi connectivity index (χ4v) is 2.64. The number of rotatable bonds is 3. The Morgan fingerprint density at radius 2 is 2.05 bits per heavy atom. The highest BCUT2D eigenvalue weighted by Crippen LogP contribution is 2.26. The van der Waals surface area contributed by atoms with Crippen molar-refractivity contribution in [2.75, 3.05) is 5.32 Å². The molecule has 5 nitrogen and oxygen atoms in total. The number of carbonyl (C=O) groups excluding carboxylic acids is 1. The van der Waals surface area contributed by atoms with Gasteiger partial charge in [0.15, 0.2) is 0 Å². The zero-order valence-electron chi connectivity index (χ0n) is 12.4. The molecule has 3 rings (SSSR count). The summed E-state index contributed by atoms with van der Waals surface area (Å²) in [5.74, 6) is 1.17. The number of carbonyl (C=O) groups is 1. The minimum absolute atomic E-state index is 0.124. The van der Waals surface area contributed by atoms with E-state index in [9.17, 15) is 4.79 Å². The number of fused-ring (bicyclic) bond motifs is 1. The maximum atomic E-state index is 11.7. The number of imidazole rings is 1. The van der Waals surface area contributed by atoms with Crippen LogP contribution in [-0.2, 0) is 13.0 Å². The molecule has 0 saturated carbocycles. The van der Waals surface area contributed by atoms with Crippen LogP contribution < -0.4 is 10.6 Å². The van der Waals surface area contributed by atoms with Crippen molar-refractivity contribution in [1.82, 2.24) is 14.9 Å². The molecule has 2 amide bonds. The lowest BCUT2D eigenvalue weighted by Crippen LogP contribution is -2.34. The van der Waals surface area contributed by atoms with Gasteiger partial charge in [-0.05, 0) is 38.0 Å². The number of nitrogens with zero attached hydrogens (tertiary/aromatic N) is 2. The lowest BCUT2D eigenvalue weighted by Gasteiger charge is -2.11. The van der Waals surface area contributed by atoms with Gasteiger partial charge in [0.05, 0.1) is 11.9 Å². The third-order valence-corrected chi connectivity index (χ3v) is 3.58. The highest BCUT2D eigenvalue weighted by molar-refractivity contribution is 5.89. The Morgan fingerprint density at radius 1 is 1.29 bits per heavy atom. The van der Waals surface area contributed by atoms with Gasteiger partial charge in [-0.1, -0.05) is 12.1 Å². The topological polar surface area (TPSA) is 59.0 Å². The Labute approximate surface area is 124 Å². The molecular weight excluding hydrogens is 264 g/mol. The summed E-state index contributed by atoms with van der Waals surface area (Å²) >= 11 is 0. The molecule has 5 heteroatoms. The Bertz CT molecular complexity index is 643. The Balaban J connectivity index is 1.73. The molecule has 0 spiro atoms. The van der Waals surface area contributed by atoms with Gasteiger partial charge in [0.1, 0.15) is 5.82 Å². The molecule has 1 aromatic carbocycles. The van der Waals surface area contributed by atoms with Crippen LogP contribution in [0.15, 0.2) is 30.5 Å². The van der Waals surface area contributed by atoms with Gasteiger partial charge in [-0.3, -0.25) is 0 Å². The van der Waals surface area contributed by atoms with Gasteiger partial charge < -0.3 is 15.2 Å². The van der Waals surface area contributed by atoms with Crippen LogP contribution in [0.1, 0.15) is 26.1 Å². The first-order valence-corrected chi connectivity index (χ1v) is 7.36. The Kier molecular flexibility index (Phi) is 3.64. The molecule has 1 aliphatic heterocycles. The molecule has 110 valence electrons. The third-order valence-electron chi connectivity index (χ3n) is 3.58. The number of urea groups is 1. The van der Waals surface area contributed by atoms with E-state index in [1.165, 1.54) is 12.2 Å². The number of amides is 2. The standard InChI is InChI=1S/C16H20N4O/c1-11(2)18-16(21)19-13-7-5-12(6-8-13)14-10-17-15-4-3-9-20(14)15/h5-8,10-11H,3-4,9H2,1-2H3,(H2,18,19,21). The number of anilines is 1. The largest absolute Gasteiger partial charge is 0.336 e. The number of aromatic nitrogens is 2. The third kappa shape index (κ3) is 2.91. The SMILES string of the molecule is CC(C)NC(=O)Nc1ccc(-c2cnc3n2CCC3)cc1. The lowest BCUT2D eigenvalue weighted by atomic mass is 10.1. The average molecular weight is 284 g/mol. The van der Waals surface area contributed by atoms with E-state index in [0.717, 1.165) is 29.9 Å². The van der Waals surface area contributed by atoms with Gasteiger partial charge in [-0.25, -0.2) is 9.78 Å². The van der Waals surface area contributed by atoms with Crippen molar-refractivity contribution in [3.63, 3.8) is 0 Å². The van der Waals surface area contributed by atoms with Crippen LogP contribution in [0.3, 0.4) is 0 Å². The average Bonchev–Trinajstić information content (AvgIpc) is 3.01. The van der Waals surface area contributed by atoms with Crippen molar-refractivity contribution in [3.8, 4) is 11.3 Å². The van der Waals surface area contributed by atoms with E-state index < -0.39 is 0 Å². The van der Waals surface area contributed by atoms with Gasteiger partial charge in [-0.2, -0.15) is 0 Å². The van der Waals surface area contributed by atoms with E-state index >= 15 is 0 Å². The molecule has 0 radical (unpaired) electrons. The molecule has 1 aromatic heterocycles. The second-order valence-electron chi connectivity index (χ2n) is 5.65. The molecule has 0 aliphatic carbocycles. The number of hydrogen-bond donors (Lipinski definition) is 2. The Hall–Kier alpha value is -2.30. The molecule has 0 atom stereocenters. The van der Waals surface area contributed by atoms with Gasteiger partial charge in [0.2, 0.25) is 0 Å². The van der Waals surface area contributed by atoms with Crippen LogP contribution in [0.4, 0.5) is 10.5 Å². The minimum atomic E-state index is -0.178. The molecule has 2 heterocycles. The van der Waals surface area contributed by atoms with Crippen molar-refractivity contribution in [3.05, 3.63) is 36.3 Å². The molecule has 1 aliphatic rings. The van der Waals surface area contributed by atoms with E-state index in [-0.39, 0.29) is 12.1 Å². The van der Waals surface area contributed by atoms with E-state index in [0.29, 0.717) is 0 Å². The fraction of sp³-hybridized carbons (Fsp3) is 0.375. The summed E-state index contributed by atoms with van der Waals surface area (Å²) in [6.45, 7) is 4.91. The highest BCUT2D eigenvalue weighted by Gasteiger charge is 2.16. The Morgan fingerprint density at radius 3 is 2.76 bits per heavy atom. The number of aryl methyl sites for hydroxylation is 1. The fourth-order valence-electron chi connectivity index (χ4n) is 2.64. The van der Waals surface area contributed by atoms with Crippen LogP contribution >= 0.6 is 0 Å². The van der Waals surface area contributed by atoms with Crippen LogP contribution in [0.2, 0.25) is 0 Å². The van der Waals surface area contributed by atoms with Crippen LogP contribution in [-0.4, -0.2) is 21.6 Å². The summed E-state index contributed by atoms with van der Waals surface area (Å²) in [5.41, 5.74) is 3.07. The van der Waals surface area contributed by atoms with Crippen molar-refractivity contribution >= 4 is 11.7 Å². The van der Waals surface area contributed by atoms with Crippen molar-refractivity contribution < 1.29 is 4.79 Å². The van der Waals surface area contributed by atoms with Crippen molar-refractivity contribution in [1.29, 1.82) is 0 Å². The highest BCUT2D eigenvalue weighted by atomic mass is 16.2. The lowest BCUT2D eigenvalue weighted by molar-refractivity contribution is 0.250. The molecule has 0 saturated heterocycles. The molecule has 0 unspecified atom stereocenters. The van der Waals surface area contributed by atoms with E-state index in [1.54, 1.807) is 0 Å². The maximum Gasteiger partial charge on any atom is 0.319 e. The summed E-state index contributed by atoms with van der Waals surface area (Å²) in [6, 6.07) is 7.83. The van der Waals surface area contributed by atoms with E-state index in [2.05, 4.69) is 20.2 Å². The maximum absolute atomic E-state index is 11.7. The number of nitrogens with one attached hydrogen (secondary N) is 2. The monoisotopic (exact) mass is 284 g/mol. The molecule has 0 bridgehead atoms. The van der Waals surface area contributed by atoms with Crippen LogP contribution in [0.25, 0.3) is 11.3 Å². The van der Waals surface area contributed by atoms with E-state index in [1.807, 2.05) is 44.3 Å². The zero-order valence-corrected chi connectivity index (χ0v) is 12.4. The normalized spacial score (nSPS) is 13.3. The summed E-state index contributed by atoms with van der Waals surface area (Å²) in [6.07, 6.45) is 4.17. The summed E-state index contributed by atoms with van der Waals surface area (Å²) in [4.78, 5) is 16.1. The van der Waals surface area contributed by atoms with Gasteiger partial charge in [0.25, 0.3) is 0 Å². The van der Waals surface area contributed by atoms with Crippen molar-refractivity contribution in [2.45, 2.75) is 39.3 Å². The zero-order chi connectivity index (χ0) is 14.8. The second kappa shape index (κ2) is 5.60. The molecular formula is C16H20N4O. The smallest absolute Gasteiger partial charge is 0.319 e.